The van der Waals surface area contributed by atoms with Crippen molar-refractivity contribution in [2.45, 2.75) is 42.4 Å². The van der Waals surface area contributed by atoms with Crippen molar-refractivity contribution >= 4 is 27.8 Å². The molecule has 0 atom stereocenters. The number of nitrogens with zero attached hydrogens (tertiary/aromatic N) is 1. The Kier molecular flexibility index (Phi) is 8.50. The maximum atomic E-state index is 12.9. The first-order valence-electron chi connectivity index (χ1n) is 10.6. The van der Waals surface area contributed by atoms with E-state index in [2.05, 4.69) is 0 Å². The molecule has 0 unspecified atom stereocenters. The van der Waals surface area contributed by atoms with E-state index in [-0.39, 0.29) is 23.5 Å². The monoisotopic (exact) mass is 523 g/mol. The highest BCUT2D eigenvalue weighted by molar-refractivity contribution is 8.00. The van der Waals surface area contributed by atoms with Crippen LogP contribution in [-0.2, 0) is 27.6 Å². The lowest BCUT2D eigenvalue weighted by atomic mass is 10.2. The summed E-state index contributed by atoms with van der Waals surface area (Å²) in [5.41, 5.74) is -0.332. The summed E-state index contributed by atoms with van der Waals surface area (Å²) in [5.74, 6) is 0.188. The molecule has 0 aromatic heterocycles. The summed E-state index contributed by atoms with van der Waals surface area (Å²) in [6.07, 6.45) is -4.67. The Balaban J connectivity index is 1.66. The minimum absolute atomic E-state index is 0.0405. The lowest BCUT2D eigenvalue weighted by Gasteiger charge is -2.27. The van der Waals surface area contributed by atoms with Gasteiger partial charge in [0.2, 0.25) is 5.91 Å². The first kappa shape index (κ1) is 26.6. The molecule has 0 bridgehead atoms. The second kappa shape index (κ2) is 11.2. The molecule has 0 aliphatic rings. The molecule has 0 saturated carbocycles. The van der Waals surface area contributed by atoms with E-state index in [1.807, 2.05) is 44.2 Å². The van der Waals surface area contributed by atoms with Crippen LogP contribution >= 0.6 is 11.8 Å². The molecule has 1 amide bonds. The molecule has 3 aromatic rings. The highest BCUT2D eigenvalue weighted by atomic mass is 32.2. The number of amides is 1. The molecule has 3 aromatic carbocycles. The van der Waals surface area contributed by atoms with Crippen molar-refractivity contribution in [1.29, 1.82) is 0 Å². The summed E-state index contributed by atoms with van der Waals surface area (Å²) in [5, 5.41) is 0. The molecule has 0 saturated heterocycles. The minimum Gasteiger partial charge on any atom is -0.379 e. The number of hydrogen-bond acceptors (Lipinski definition) is 5. The molecule has 0 fully saturated rings. The van der Waals surface area contributed by atoms with Crippen LogP contribution in [0.4, 0.5) is 13.2 Å². The Morgan fingerprint density at radius 3 is 2.23 bits per heavy atom. The molecule has 10 heteroatoms. The predicted octanol–water partition coefficient (Wildman–Crippen LogP) is 6.00. The largest absolute Gasteiger partial charge is 0.416 e. The fourth-order valence-electron chi connectivity index (χ4n) is 3.15. The van der Waals surface area contributed by atoms with E-state index in [1.165, 1.54) is 23.9 Å². The van der Waals surface area contributed by atoms with Crippen LogP contribution in [0.25, 0.3) is 0 Å². The van der Waals surface area contributed by atoms with Gasteiger partial charge in [-0.25, -0.2) is 0 Å². The highest BCUT2D eigenvalue weighted by Gasteiger charge is 2.32. The van der Waals surface area contributed by atoms with Crippen molar-refractivity contribution in [3.8, 4) is 5.75 Å². The zero-order valence-corrected chi connectivity index (χ0v) is 20.7. The Morgan fingerprint density at radius 2 is 1.63 bits per heavy atom. The third-order valence-electron chi connectivity index (χ3n) is 4.98. The summed E-state index contributed by atoms with van der Waals surface area (Å²) in [7, 11) is -4.46. The fourth-order valence-corrected chi connectivity index (χ4v) is 4.94. The topological polar surface area (TPSA) is 63.7 Å². The zero-order chi connectivity index (χ0) is 25.6. The van der Waals surface area contributed by atoms with Crippen LogP contribution < -0.4 is 4.18 Å². The number of benzene rings is 3. The van der Waals surface area contributed by atoms with Gasteiger partial charge in [0.1, 0.15) is 10.6 Å². The number of rotatable bonds is 9. The van der Waals surface area contributed by atoms with E-state index in [0.29, 0.717) is 12.6 Å². The van der Waals surface area contributed by atoms with Gasteiger partial charge in [0, 0.05) is 17.5 Å². The van der Waals surface area contributed by atoms with E-state index in [0.717, 1.165) is 28.7 Å². The molecule has 0 spiro atoms. The highest BCUT2D eigenvalue weighted by Crippen LogP contribution is 2.31. The molecule has 35 heavy (non-hydrogen) atoms. The van der Waals surface area contributed by atoms with Gasteiger partial charge in [0.05, 0.1) is 11.3 Å². The van der Waals surface area contributed by atoms with Gasteiger partial charge in [-0.2, -0.15) is 21.6 Å². The van der Waals surface area contributed by atoms with Crippen LogP contribution in [0.3, 0.4) is 0 Å². The molecule has 0 N–H and O–H groups in total. The van der Waals surface area contributed by atoms with Gasteiger partial charge in [0.15, 0.2) is 0 Å². The first-order chi connectivity index (χ1) is 16.5. The molecule has 0 heterocycles. The zero-order valence-electron chi connectivity index (χ0n) is 19.0. The number of thioether (sulfide) groups is 1. The average molecular weight is 524 g/mol. The summed E-state index contributed by atoms with van der Waals surface area (Å²) in [4.78, 5) is 14.9. The smallest absolute Gasteiger partial charge is 0.379 e. The minimum atomic E-state index is -4.67. The SMILES string of the molecule is CC(C)N(Cc1ccc(OS(=O)(=O)c2cccc(C(F)(F)F)c2)cc1)C(=O)CSc1ccccc1. The van der Waals surface area contributed by atoms with E-state index in [9.17, 15) is 26.4 Å². The molecule has 5 nitrogen and oxygen atoms in total. The van der Waals surface area contributed by atoms with Crippen LogP contribution in [0.15, 0.2) is 88.7 Å². The summed E-state index contributed by atoms with van der Waals surface area (Å²) in [6, 6.07) is 18.9. The normalized spacial score (nSPS) is 11.9. The Morgan fingerprint density at radius 1 is 0.971 bits per heavy atom. The Bertz CT molecular complexity index is 1250. The van der Waals surface area contributed by atoms with E-state index < -0.39 is 26.8 Å². The van der Waals surface area contributed by atoms with Gasteiger partial charge in [-0.15, -0.1) is 11.8 Å². The standard InChI is InChI=1S/C25H24F3NO4S2/c1-18(2)29(24(30)17-34-22-8-4-3-5-9-22)16-19-11-13-21(14-12-19)33-35(31,32)23-10-6-7-20(15-23)25(26,27)28/h3-15,18H,16-17H2,1-2H3. The van der Waals surface area contributed by atoms with Crippen molar-refractivity contribution in [1.82, 2.24) is 4.90 Å². The van der Waals surface area contributed by atoms with Crippen LogP contribution in [0.5, 0.6) is 5.75 Å². The van der Waals surface area contributed by atoms with Crippen molar-refractivity contribution in [3.63, 3.8) is 0 Å². The van der Waals surface area contributed by atoms with Gasteiger partial charge in [-0.05, 0) is 61.9 Å². The van der Waals surface area contributed by atoms with Crippen LogP contribution in [0, 0.1) is 0 Å². The maximum Gasteiger partial charge on any atom is 0.416 e. The lowest BCUT2D eigenvalue weighted by Crippen LogP contribution is -2.37. The van der Waals surface area contributed by atoms with Crippen LogP contribution in [-0.4, -0.2) is 31.0 Å². The molecule has 0 radical (unpaired) electrons. The number of carbonyl (C=O) groups is 1. The number of carbonyl (C=O) groups excluding carboxylic acids is 1. The quantitative estimate of drug-likeness (QED) is 0.254. The third-order valence-corrected chi connectivity index (χ3v) is 7.22. The summed E-state index contributed by atoms with van der Waals surface area (Å²) >= 11 is 1.45. The van der Waals surface area contributed by atoms with Gasteiger partial charge >= 0.3 is 16.3 Å². The fraction of sp³-hybridized carbons (Fsp3) is 0.240. The van der Waals surface area contributed by atoms with E-state index in [4.69, 9.17) is 4.18 Å². The number of halogens is 3. The molecular formula is C25H24F3NO4S2. The predicted molar refractivity (Wildman–Crippen MR) is 129 cm³/mol. The number of hydrogen-bond donors (Lipinski definition) is 0. The van der Waals surface area contributed by atoms with Crippen molar-refractivity contribution in [2.24, 2.45) is 0 Å². The maximum absolute atomic E-state index is 12.9. The molecule has 0 aliphatic carbocycles. The Labute approximate surface area is 207 Å². The van der Waals surface area contributed by atoms with E-state index in [1.54, 1.807) is 17.0 Å². The Hall–Kier alpha value is -2.98. The van der Waals surface area contributed by atoms with E-state index >= 15 is 0 Å². The number of alkyl halides is 3. The third kappa shape index (κ3) is 7.50. The van der Waals surface area contributed by atoms with Gasteiger partial charge in [-0.1, -0.05) is 36.4 Å². The summed E-state index contributed by atoms with van der Waals surface area (Å²) < 4.78 is 68.7. The van der Waals surface area contributed by atoms with Gasteiger partial charge < -0.3 is 9.08 Å². The second-order valence-corrected chi connectivity index (χ2v) is 10.5. The molecular weight excluding hydrogens is 499 g/mol. The van der Waals surface area contributed by atoms with Gasteiger partial charge in [0.25, 0.3) is 0 Å². The summed E-state index contributed by atoms with van der Waals surface area (Å²) in [6.45, 7) is 4.13. The van der Waals surface area contributed by atoms with Gasteiger partial charge in [-0.3, -0.25) is 4.79 Å². The van der Waals surface area contributed by atoms with Crippen molar-refractivity contribution in [2.75, 3.05) is 5.75 Å². The molecule has 3 rings (SSSR count). The van der Waals surface area contributed by atoms with Crippen molar-refractivity contribution in [3.05, 3.63) is 90.0 Å². The van der Waals surface area contributed by atoms with Crippen LogP contribution in [0.2, 0.25) is 0 Å². The lowest BCUT2D eigenvalue weighted by molar-refractivity contribution is -0.137. The second-order valence-electron chi connectivity index (χ2n) is 7.92. The van der Waals surface area contributed by atoms with Crippen molar-refractivity contribution < 1.29 is 30.6 Å². The molecule has 0 aliphatic heterocycles. The average Bonchev–Trinajstić information content (AvgIpc) is 2.82. The first-order valence-corrected chi connectivity index (χ1v) is 13.0. The molecule has 186 valence electrons. The van der Waals surface area contributed by atoms with Crippen LogP contribution in [0.1, 0.15) is 25.0 Å².